The molecule has 1 fully saturated rings. The van der Waals surface area contributed by atoms with Gasteiger partial charge < -0.3 is 5.32 Å². The van der Waals surface area contributed by atoms with E-state index in [1.165, 1.54) is 17.7 Å². The van der Waals surface area contributed by atoms with Gasteiger partial charge >= 0.3 is 0 Å². The predicted molar refractivity (Wildman–Crippen MR) is 48.9 cm³/mol. The molecule has 11 heavy (non-hydrogen) atoms. The Morgan fingerprint density at radius 1 is 1.64 bits per heavy atom. The van der Waals surface area contributed by atoms with Crippen molar-refractivity contribution in [2.45, 2.75) is 31.8 Å². The SMILES string of the molecule is CC(NC1CC1)c1cccs1. The zero-order valence-corrected chi connectivity index (χ0v) is 7.53. The molecule has 0 spiro atoms. The van der Waals surface area contributed by atoms with Gasteiger partial charge in [-0.15, -0.1) is 11.3 Å². The van der Waals surface area contributed by atoms with Crippen molar-refractivity contribution in [1.29, 1.82) is 0 Å². The normalized spacial score (nSPS) is 20.1. The van der Waals surface area contributed by atoms with E-state index < -0.39 is 0 Å². The minimum absolute atomic E-state index is 0.558. The molecule has 0 bridgehead atoms. The Balaban J connectivity index is 1.93. The molecular weight excluding hydrogens is 154 g/mol. The molecule has 1 saturated carbocycles. The van der Waals surface area contributed by atoms with E-state index in [-0.39, 0.29) is 0 Å². The van der Waals surface area contributed by atoms with Gasteiger partial charge in [0.2, 0.25) is 0 Å². The van der Waals surface area contributed by atoms with Crippen LogP contribution in [0.15, 0.2) is 17.5 Å². The van der Waals surface area contributed by atoms with E-state index in [9.17, 15) is 0 Å². The predicted octanol–water partition coefficient (Wildman–Crippen LogP) is 2.56. The number of nitrogens with one attached hydrogen (secondary N) is 1. The van der Waals surface area contributed by atoms with E-state index in [0.29, 0.717) is 6.04 Å². The van der Waals surface area contributed by atoms with Crippen LogP contribution >= 0.6 is 11.3 Å². The Kier molecular flexibility index (Phi) is 1.96. The third kappa shape index (κ3) is 1.82. The largest absolute Gasteiger partial charge is 0.307 e. The van der Waals surface area contributed by atoms with E-state index in [1.807, 2.05) is 11.3 Å². The highest BCUT2D eigenvalue weighted by Crippen LogP contribution is 2.25. The van der Waals surface area contributed by atoms with Crippen molar-refractivity contribution in [3.63, 3.8) is 0 Å². The Morgan fingerprint density at radius 2 is 2.45 bits per heavy atom. The van der Waals surface area contributed by atoms with Crippen LogP contribution in [0.2, 0.25) is 0 Å². The molecule has 0 aliphatic heterocycles. The summed E-state index contributed by atoms with van der Waals surface area (Å²) >= 11 is 1.84. The Morgan fingerprint density at radius 3 is 3.00 bits per heavy atom. The lowest BCUT2D eigenvalue weighted by Gasteiger charge is -2.09. The van der Waals surface area contributed by atoms with Crippen LogP contribution < -0.4 is 5.32 Å². The first-order chi connectivity index (χ1) is 5.36. The van der Waals surface area contributed by atoms with Crippen LogP contribution in [0.1, 0.15) is 30.7 Å². The maximum atomic E-state index is 3.57. The third-order valence-electron chi connectivity index (χ3n) is 2.03. The van der Waals surface area contributed by atoms with Crippen LogP contribution in [0.3, 0.4) is 0 Å². The molecule has 0 radical (unpaired) electrons. The summed E-state index contributed by atoms with van der Waals surface area (Å²) in [6, 6.07) is 5.69. The van der Waals surface area contributed by atoms with E-state index in [1.54, 1.807) is 0 Å². The first-order valence-corrected chi connectivity index (χ1v) is 5.03. The van der Waals surface area contributed by atoms with Crippen LogP contribution in [0, 0.1) is 0 Å². The van der Waals surface area contributed by atoms with Crippen molar-refractivity contribution in [2.75, 3.05) is 0 Å². The molecule has 1 atom stereocenters. The summed E-state index contributed by atoms with van der Waals surface area (Å²) < 4.78 is 0. The summed E-state index contributed by atoms with van der Waals surface area (Å²) in [5, 5.41) is 5.71. The topological polar surface area (TPSA) is 12.0 Å². The smallest absolute Gasteiger partial charge is 0.0388 e. The minimum atomic E-state index is 0.558. The second-order valence-corrected chi connectivity index (χ2v) is 4.16. The number of rotatable bonds is 3. The number of thiophene rings is 1. The van der Waals surface area contributed by atoms with Crippen molar-refractivity contribution in [3.8, 4) is 0 Å². The van der Waals surface area contributed by atoms with Crippen molar-refractivity contribution >= 4 is 11.3 Å². The average Bonchev–Trinajstić information content (AvgIpc) is 2.67. The number of hydrogen-bond donors (Lipinski definition) is 1. The van der Waals surface area contributed by atoms with Crippen molar-refractivity contribution < 1.29 is 0 Å². The second kappa shape index (κ2) is 2.95. The minimum Gasteiger partial charge on any atom is -0.307 e. The molecular formula is C9H13NS. The monoisotopic (exact) mass is 167 g/mol. The van der Waals surface area contributed by atoms with Crippen molar-refractivity contribution in [1.82, 2.24) is 5.32 Å². The summed E-state index contributed by atoms with van der Waals surface area (Å²) in [7, 11) is 0. The molecule has 1 unspecified atom stereocenters. The van der Waals surface area contributed by atoms with Gasteiger partial charge in [0.25, 0.3) is 0 Å². The lowest BCUT2D eigenvalue weighted by Crippen LogP contribution is -2.19. The van der Waals surface area contributed by atoms with E-state index >= 15 is 0 Å². The first kappa shape index (κ1) is 7.32. The van der Waals surface area contributed by atoms with Gasteiger partial charge in [-0.1, -0.05) is 6.07 Å². The zero-order valence-electron chi connectivity index (χ0n) is 6.71. The zero-order chi connectivity index (χ0) is 7.68. The van der Waals surface area contributed by atoms with Gasteiger partial charge in [0.15, 0.2) is 0 Å². The van der Waals surface area contributed by atoms with Gasteiger partial charge in [0, 0.05) is 17.0 Å². The van der Waals surface area contributed by atoms with Gasteiger partial charge in [-0.2, -0.15) is 0 Å². The fourth-order valence-corrected chi connectivity index (χ4v) is 1.97. The lowest BCUT2D eigenvalue weighted by molar-refractivity contribution is 0.579. The van der Waals surface area contributed by atoms with Gasteiger partial charge in [0.05, 0.1) is 0 Å². The van der Waals surface area contributed by atoms with E-state index in [0.717, 1.165) is 6.04 Å². The van der Waals surface area contributed by atoms with E-state index in [2.05, 4.69) is 29.8 Å². The standard InChI is InChI=1S/C9H13NS/c1-7(10-8-4-5-8)9-3-2-6-11-9/h2-3,6-8,10H,4-5H2,1H3. The van der Waals surface area contributed by atoms with Crippen LogP contribution in [0.25, 0.3) is 0 Å². The molecule has 1 aliphatic carbocycles. The summed E-state index contributed by atoms with van der Waals surface area (Å²) in [4.78, 5) is 1.46. The summed E-state index contributed by atoms with van der Waals surface area (Å²) in [5.74, 6) is 0. The van der Waals surface area contributed by atoms with Gasteiger partial charge in [-0.3, -0.25) is 0 Å². The maximum Gasteiger partial charge on any atom is 0.0388 e. The fourth-order valence-electron chi connectivity index (χ4n) is 1.22. The van der Waals surface area contributed by atoms with Crippen LogP contribution in [0.4, 0.5) is 0 Å². The molecule has 1 nitrogen and oxygen atoms in total. The second-order valence-electron chi connectivity index (χ2n) is 3.18. The molecule has 1 heterocycles. The molecule has 0 amide bonds. The molecule has 1 N–H and O–H groups in total. The fraction of sp³-hybridized carbons (Fsp3) is 0.556. The highest BCUT2D eigenvalue weighted by atomic mass is 32.1. The Labute approximate surface area is 71.4 Å². The molecule has 60 valence electrons. The molecule has 1 aliphatic rings. The van der Waals surface area contributed by atoms with Crippen LogP contribution in [0.5, 0.6) is 0 Å². The molecule has 0 aromatic carbocycles. The van der Waals surface area contributed by atoms with Gasteiger partial charge in [-0.25, -0.2) is 0 Å². The van der Waals surface area contributed by atoms with Crippen molar-refractivity contribution in [3.05, 3.63) is 22.4 Å². The third-order valence-corrected chi connectivity index (χ3v) is 3.09. The highest BCUT2D eigenvalue weighted by molar-refractivity contribution is 7.10. The first-order valence-electron chi connectivity index (χ1n) is 4.16. The highest BCUT2D eigenvalue weighted by Gasteiger charge is 2.23. The van der Waals surface area contributed by atoms with Crippen LogP contribution in [-0.4, -0.2) is 6.04 Å². The quantitative estimate of drug-likeness (QED) is 0.729. The summed E-state index contributed by atoms with van der Waals surface area (Å²) in [6.45, 7) is 2.24. The van der Waals surface area contributed by atoms with Gasteiger partial charge in [0.1, 0.15) is 0 Å². The Bertz CT molecular complexity index is 213. The van der Waals surface area contributed by atoms with Gasteiger partial charge in [-0.05, 0) is 31.2 Å². The molecule has 2 heteroatoms. The molecule has 1 aromatic heterocycles. The van der Waals surface area contributed by atoms with Crippen molar-refractivity contribution in [2.24, 2.45) is 0 Å². The average molecular weight is 167 g/mol. The van der Waals surface area contributed by atoms with Crippen LogP contribution in [-0.2, 0) is 0 Å². The van der Waals surface area contributed by atoms with E-state index in [4.69, 9.17) is 0 Å². The maximum absolute atomic E-state index is 3.57. The lowest BCUT2D eigenvalue weighted by atomic mass is 10.3. The summed E-state index contributed by atoms with van der Waals surface area (Å²) in [5.41, 5.74) is 0. The molecule has 1 aromatic rings. The number of hydrogen-bond acceptors (Lipinski definition) is 2. The molecule has 0 saturated heterocycles. The Hall–Kier alpha value is -0.340. The molecule has 2 rings (SSSR count). The summed E-state index contributed by atoms with van der Waals surface area (Å²) in [6.07, 6.45) is 2.74.